The van der Waals surface area contributed by atoms with Gasteiger partial charge in [0.05, 0.1) is 50.1 Å². The minimum atomic E-state index is -0.901. The number of thiazole rings is 1. The van der Waals surface area contributed by atoms with Crippen molar-refractivity contribution in [2.45, 2.75) is 70.6 Å². The molecule has 13 nitrogen and oxygen atoms in total. The van der Waals surface area contributed by atoms with Crippen molar-refractivity contribution in [3.63, 3.8) is 0 Å². The van der Waals surface area contributed by atoms with Crippen LogP contribution in [0.3, 0.4) is 0 Å². The van der Waals surface area contributed by atoms with Crippen LogP contribution in [0, 0.1) is 39.4 Å². The van der Waals surface area contributed by atoms with Crippen molar-refractivity contribution in [2.75, 3.05) is 70.6 Å². The highest BCUT2D eigenvalue weighted by atomic mass is 32.1. The maximum absolute atomic E-state index is 15.0. The van der Waals surface area contributed by atoms with Crippen molar-refractivity contribution >= 4 is 45.2 Å². The van der Waals surface area contributed by atoms with Crippen LogP contribution in [0.2, 0.25) is 0 Å². The zero-order chi connectivity index (χ0) is 34.0. The average Bonchev–Trinajstić information content (AvgIpc) is 3.44. The van der Waals surface area contributed by atoms with Crippen LogP contribution in [0.25, 0.3) is 10.3 Å². The molecule has 2 saturated carbocycles. The Morgan fingerprint density at radius 2 is 1.84 bits per heavy atom. The first-order chi connectivity index (χ1) is 24.1. The lowest BCUT2D eigenvalue weighted by atomic mass is 9.71. The summed E-state index contributed by atoms with van der Waals surface area (Å²) in [6.45, 7) is 10.0. The van der Waals surface area contributed by atoms with Gasteiger partial charge in [0.15, 0.2) is 11.5 Å². The normalized spacial score (nSPS) is 37.8. The summed E-state index contributed by atoms with van der Waals surface area (Å²) in [6.07, 6.45) is 7.28. The van der Waals surface area contributed by atoms with Crippen LogP contribution in [0.15, 0.2) is 11.8 Å². The number of ether oxygens (including phenoxy) is 3. The Balaban J connectivity index is 1.01. The van der Waals surface area contributed by atoms with Gasteiger partial charge in [-0.25, -0.2) is 15.0 Å². The Labute approximate surface area is 295 Å². The Kier molecular flexibility index (Phi) is 7.01. The summed E-state index contributed by atoms with van der Waals surface area (Å²) in [5.74, 6) is -0.263. The molecule has 5 atom stereocenters. The third kappa shape index (κ3) is 4.73. The number of hydrogen-bond acceptors (Lipinski definition) is 11. The van der Waals surface area contributed by atoms with E-state index in [4.69, 9.17) is 14.2 Å². The average molecular weight is 706 g/mol. The molecular weight excluding hydrogens is 659 g/mol. The molecule has 10 aliphatic rings. The van der Waals surface area contributed by atoms with Crippen molar-refractivity contribution in [1.29, 1.82) is 0 Å². The molecule has 10 heterocycles. The molecule has 1 unspecified atom stereocenters. The monoisotopic (exact) mass is 705 g/mol. The molecule has 1 N–H and O–H groups in total. The van der Waals surface area contributed by atoms with Crippen LogP contribution in [0.5, 0.6) is 0 Å². The lowest BCUT2D eigenvalue weighted by Gasteiger charge is -2.51. The molecule has 8 saturated heterocycles. The number of nitrogens with one attached hydrogen (secondary N) is 1. The van der Waals surface area contributed by atoms with Crippen LogP contribution in [0.4, 0.5) is 5.82 Å². The van der Waals surface area contributed by atoms with Gasteiger partial charge in [-0.1, -0.05) is 13.8 Å². The van der Waals surface area contributed by atoms with Gasteiger partial charge in [0.2, 0.25) is 17.7 Å². The summed E-state index contributed by atoms with van der Waals surface area (Å²) >= 11 is 1.49. The first-order valence-corrected chi connectivity index (χ1v) is 19.5. The molecule has 2 aromatic heterocycles. The molecule has 8 aliphatic heterocycles. The Morgan fingerprint density at radius 3 is 2.58 bits per heavy atom. The summed E-state index contributed by atoms with van der Waals surface area (Å²) < 4.78 is 19.7. The molecule has 14 heteroatoms. The number of fused-ring (bicyclic) bond motifs is 7. The van der Waals surface area contributed by atoms with Crippen molar-refractivity contribution in [3.8, 4) is 0 Å². The lowest BCUT2D eigenvalue weighted by molar-refractivity contribution is -0.171. The smallest absolute Gasteiger partial charge is 0.247 e. The second-order valence-electron chi connectivity index (χ2n) is 17.6. The van der Waals surface area contributed by atoms with Crippen molar-refractivity contribution in [2.24, 2.45) is 39.4 Å². The van der Waals surface area contributed by atoms with Crippen molar-refractivity contribution < 1.29 is 28.6 Å². The quantitative estimate of drug-likeness (QED) is 0.492. The Bertz CT molecular complexity index is 1720. The fourth-order valence-electron chi connectivity index (χ4n) is 11.0. The van der Waals surface area contributed by atoms with E-state index in [1.165, 1.54) is 17.7 Å². The number of hydrogen-bond donors (Lipinski definition) is 1. The fourth-order valence-corrected chi connectivity index (χ4v) is 11.7. The topological polar surface area (TPSA) is 139 Å². The van der Waals surface area contributed by atoms with E-state index in [2.05, 4.69) is 39.0 Å². The van der Waals surface area contributed by atoms with Gasteiger partial charge in [0.1, 0.15) is 17.1 Å². The zero-order valence-electron chi connectivity index (χ0n) is 29.0. The van der Waals surface area contributed by atoms with E-state index in [0.29, 0.717) is 77.4 Å². The van der Waals surface area contributed by atoms with Gasteiger partial charge >= 0.3 is 0 Å². The molecule has 2 spiro atoms. The number of carbonyl (C=O) groups excluding carboxylic acids is 3. The number of nitrogens with zero attached hydrogens (tertiary/aromatic N) is 6. The largest absolute Gasteiger partial charge is 0.380 e. The molecule has 268 valence electrons. The molecule has 3 amide bonds. The van der Waals surface area contributed by atoms with E-state index in [-0.39, 0.29) is 45.8 Å². The fraction of sp³-hybridized carbons (Fsp3) is 0.778. The van der Waals surface area contributed by atoms with Gasteiger partial charge in [-0.2, -0.15) is 0 Å². The SMILES string of the molecule is CC1(C)C2[C@@H](OCC34CCC(CC3)OC4)[C@@H](C(=O)N3CCCC4(COC4)C3)NC(=O)[C@@H]3CN(c4ncnc5ncsc45)CC34CN(C4)C(=O)[C@@H]21. The van der Waals surface area contributed by atoms with Crippen molar-refractivity contribution in [3.05, 3.63) is 11.8 Å². The summed E-state index contributed by atoms with van der Waals surface area (Å²) in [5, 5.41) is 3.37. The number of carbonyl (C=O) groups is 3. The van der Waals surface area contributed by atoms with Gasteiger partial charge < -0.3 is 34.2 Å². The standard InChI is InChI=1S/C36H47N7O6S/c1-33(2)23-24(33)31(45)43-13-36(14-43)12-42(29-27-28(37-19-38-29)39-20-50-27)10-22(36)30(44)40-25(32(46)41-9-3-6-35(11-41)15-47-16-35)26(23)49-18-34-7-4-21(5-8-34)48-17-34/h19-26H,3-18H2,1-2H3,(H,40,44)/t21?,22-,23?,24+,25-,26+,34?/m0/s1. The number of anilines is 1. The molecule has 2 aromatic rings. The molecule has 2 aliphatic carbocycles. The Morgan fingerprint density at radius 1 is 1.04 bits per heavy atom. The molecule has 50 heavy (non-hydrogen) atoms. The summed E-state index contributed by atoms with van der Waals surface area (Å²) in [5.41, 5.74) is 1.47. The van der Waals surface area contributed by atoms with E-state index in [1.807, 2.05) is 9.80 Å². The van der Waals surface area contributed by atoms with Gasteiger partial charge in [0, 0.05) is 67.3 Å². The predicted molar refractivity (Wildman–Crippen MR) is 182 cm³/mol. The lowest BCUT2D eigenvalue weighted by Crippen LogP contribution is -2.65. The third-order valence-corrected chi connectivity index (χ3v) is 14.9. The first kappa shape index (κ1) is 31.8. The first-order valence-electron chi connectivity index (χ1n) is 18.6. The van der Waals surface area contributed by atoms with E-state index >= 15 is 0 Å². The summed E-state index contributed by atoms with van der Waals surface area (Å²) in [4.78, 5) is 63.7. The number of likely N-dealkylation sites (tertiary alicyclic amines) is 1. The summed E-state index contributed by atoms with van der Waals surface area (Å²) in [7, 11) is 0. The molecule has 0 radical (unpaired) electrons. The highest BCUT2D eigenvalue weighted by molar-refractivity contribution is 7.17. The number of amides is 3. The molecule has 4 bridgehead atoms. The zero-order valence-corrected chi connectivity index (χ0v) is 29.8. The highest BCUT2D eigenvalue weighted by Crippen LogP contribution is 2.63. The van der Waals surface area contributed by atoms with Crippen LogP contribution < -0.4 is 10.2 Å². The molecule has 0 aromatic carbocycles. The van der Waals surface area contributed by atoms with E-state index in [0.717, 1.165) is 49.0 Å². The van der Waals surface area contributed by atoms with Gasteiger partial charge in [-0.15, -0.1) is 11.3 Å². The third-order valence-electron chi connectivity index (χ3n) is 14.1. The number of piperidine rings is 1. The van der Waals surface area contributed by atoms with E-state index in [1.54, 1.807) is 5.51 Å². The van der Waals surface area contributed by atoms with Crippen LogP contribution in [-0.2, 0) is 28.6 Å². The van der Waals surface area contributed by atoms with E-state index < -0.39 is 23.5 Å². The minimum Gasteiger partial charge on any atom is -0.380 e. The second kappa shape index (κ2) is 11.0. The Hall–Kier alpha value is -2.94. The second-order valence-corrected chi connectivity index (χ2v) is 18.5. The number of rotatable bonds is 5. The summed E-state index contributed by atoms with van der Waals surface area (Å²) in [6, 6.07) is -0.901. The van der Waals surface area contributed by atoms with E-state index in [9.17, 15) is 14.4 Å². The maximum atomic E-state index is 15.0. The molecule has 10 fully saturated rings. The van der Waals surface area contributed by atoms with Gasteiger partial charge in [-0.3, -0.25) is 14.4 Å². The van der Waals surface area contributed by atoms with Crippen LogP contribution in [-0.4, -0.2) is 126 Å². The minimum absolute atomic E-state index is 0.0137. The molecular formula is C36H47N7O6S. The van der Waals surface area contributed by atoms with Crippen LogP contribution >= 0.6 is 11.3 Å². The van der Waals surface area contributed by atoms with Gasteiger partial charge in [-0.05, 0) is 43.9 Å². The number of aromatic nitrogens is 3. The highest BCUT2D eigenvalue weighted by Gasteiger charge is 2.71. The van der Waals surface area contributed by atoms with Crippen molar-refractivity contribution in [1.82, 2.24) is 30.1 Å². The van der Waals surface area contributed by atoms with Gasteiger partial charge in [0.25, 0.3) is 0 Å². The maximum Gasteiger partial charge on any atom is 0.247 e. The predicted octanol–water partition coefficient (Wildman–Crippen LogP) is 2.11. The molecule has 12 rings (SSSR count). The van der Waals surface area contributed by atoms with Crippen LogP contribution in [0.1, 0.15) is 52.4 Å².